The molecule has 17 heavy (non-hydrogen) atoms. The van der Waals surface area contributed by atoms with Crippen molar-refractivity contribution in [2.24, 2.45) is 5.73 Å². The van der Waals surface area contributed by atoms with E-state index in [1.165, 1.54) is 0 Å². The van der Waals surface area contributed by atoms with E-state index in [1.807, 2.05) is 30.3 Å². The van der Waals surface area contributed by atoms with Gasteiger partial charge in [0.2, 0.25) is 5.91 Å². The first-order valence-corrected chi connectivity index (χ1v) is 5.47. The van der Waals surface area contributed by atoms with Crippen molar-refractivity contribution in [2.75, 3.05) is 19.7 Å². The van der Waals surface area contributed by atoms with Gasteiger partial charge in [-0.3, -0.25) is 4.79 Å². The number of hydrogen-bond acceptors (Lipinski definition) is 3. The Hall–Kier alpha value is -1.26. The molecule has 0 atom stereocenters. The second-order valence-corrected chi connectivity index (χ2v) is 3.40. The number of nitrogens with two attached hydrogens (primary N) is 1. The van der Waals surface area contributed by atoms with E-state index >= 15 is 0 Å². The second-order valence-electron chi connectivity index (χ2n) is 3.40. The zero-order chi connectivity index (χ0) is 11.6. The van der Waals surface area contributed by atoms with Gasteiger partial charge in [0.25, 0.3) is 0 Å². The number of ether oxygens (including phenoxy) is 1. The van der Waals surface area contributed by atoms with Crippen molar-refractivity contribution < 1.29 is 9.53 Å². The van der Waals surface area contributed by atoms with Crippen LogP contribution in [0.2, 0.25) is 0 Å². The van der Waals surface area contributed by atoms with Gasteiger partial charge >= 0.3 is 0 Å². The van der Waals surface area contributed by atoms with Crippen LogP contribution in [0.5, 0.6) is 5.75 Å². The number of para-hydroxylation sites is 1. The zero-order valence-corrected chi connectivity index (χ0v) is 10.5. The van der Waals surface area contributed by atoms with Crippen LogP contribution in [0.1, 0.15) is 12.8 Å². The van der Waals surface area contributed by atoms with Gasteiger partial charge in [0.05, 0.1) is 6.54 Å². The molecule has 3 N–H and O–H groups in total. The van der Waals surface area contributed by atoms with Crippen LogP contribution in [0.25, 0.3) is 0 Å². The summed E-state index contributed by atoms with van der Waals surface area (Å²) in [6.45, 7) is 1.56. The summed E-state index contributed by atoms with van der Waals surface area (Å²) in [6.07, 6.45) is 1.22. The zero-order valence-electron chi connectivity index (χ0n) is 9.72. The Labute approximate surface area is 108 Å². The SMILES string of the molecule is Cl.NCCCC(=O)NCCOc1ccccc1. The molecule has 1 aromatic rings. The summed E-state index contributed by atoms with van der Waals surface area (Å²) in [5.74, 6) is 0.848. The summed E-state index contributed by atoms with van der Waals surface area (Å²) in [6, 6.07) is 9.53. The fraction of sp³-hybridized carbons (Fsp3) is 0.417. The fourth-order valence-electron chi connectivity index (χ4n) is 1.23. The van der Waals surface area contributed by atoms with Gasteiger partial charge in [-0.15, -0.1) is 12.4 Å². The molecule has 1 amide bonds. The Bertz CT molecular complexity index is 307. The average molecular weight is 259 g/mol. The van der Waals surface area contributed by atoms with Gasteiger partial charge in [0.1, 0.15) is 12.4 Å². The van der Waals surface area contributed by atoms with Crippen LogP contribution in [-0.2, 0) is 4.79 Å². The van der Waals surface area contributed by atoms with Gasteiger partial charge in [-0.2, -0.15) is 0 Å². The predicted molar refractivity (Wildman–Crippen MR) is 70.5 cm³/mol. The molecule has 1 aromatic carbocycles. The minimum absolute atomic E-state index is 0. The number of amides is 1. The molecule has 0 fully saturated rings. The largest absolute Gasteiger partial charge is 0.492 e. The van der Waals surface area contributed by atoms with Gasteiger partial charge in [0.15, 0.2) is 0 Å². The molecule has 4 nitrogen and oxygen atoms in total. The standard InChI is InChI=1S/C12H18N2O2.ClH/c13-8-4-7-12(15)14-9-10-16-11-5-2-1-3-6-11;/h1-3,5-6H,4,7-10,13H2,(H,14,15);1H. The van der Waals surface area contributed by atoms with Crippen molar-refractivity contribution >= 4 is 18.3 Å². The van der Waals surface area contributed by atoms with E-state index in [2.05, 4.69) is 5.32 Å². The first kappa shape index (κ1) is 15.7. The number of carbonyl (C=O) groups is 1. The highest BCUT2D eigenvalue weighted by Gasteiger charge is 1.99. The highest BCUT2D eigenvalue weighted by atomic mass is 35.5. The summed E-state index contributed by atoms with van der Waals surface area (Å²) in [4.78, 5) is 11.2. The summed E-state index contributed by atoms with van der Waals surface area (Å²) in [5, 5.41) is 2.77. The van der Waals surface area contributed by atoms with Crippen LogP contribution in [0.15, 0.2) is 30.3 Å². The summed E-state index contributed by atoms with van der Waals surface area (Å²) < 4.78 is 5.42. The molecule has 0 heterocycles. The molecule has 0 radical (unpaired) electrons. The predicted octanol–water partition coefficient (Wildman–Crippen LogP) is 1.34. The number of hydrogen-bond donors (Lipinski definition) is 2. The first-order chi connectivity index (χ1) is 7.83. The minimum Gasteiger partial charge on any atom is -0.492 e. The highest BCUT2D eigenvalue weighted by Crippen LogP contribution is 2.07. The first-order valence-electron chi connectivity index (χ1n) is 5.47. The quantitative estimate of drug-likeness (QED) is 0.726. The molecule has 0 bridgehead atoms. The number of carbonyl (C=O) groups excluding carboxylic acids is 1. The lowest BCUT2D eigenvalue weighted by Crippen LogP contribution is -2.28. The number of rotatable bonds is 7. The van der Waals surface area contributed by atoms with Crippen LogP contribution >= 0.6 is 12.4 Å². The van der Waals surface area contributed by atoms with Gasteiger partial charge in [-0.1, -0.05) is 18.2 Å². The van der Waals surface area contributed by atoms with E-state index in [1.54, 1.807) is 0 Å². The molecule has 0 saturated carbocycles. The van der Waals surface area contributed by atoms with Crippen molar-refractivity contribution in [3.05, 3.63) is 30.3 Å². The Morgan fingerprint density at radius 2 is 2.00 bits per heavy atom. The van der Waals surface area contributed by atoms with Gasteiger partial charge in [-0.25, -0.2) is 0 Å². The maximum absolute atomic E-state index is 11.2. The van der Waals surface area contributed by atoms with E-state index in [-0.39, 0.29) is 18.3 Å². The molecule has 5 heteroatoms. The lowest BCUT2D eigenvalue weighted by molar-refractivity contribution is -0.121. The van der Waals surface area contributed by atoms with Crippen molar-refractivity contribution in [1.82, 2.24) is 5.32 Å². The molecule has 0 aromatic heterocycles. The van der Waals surface area contributed by atoms with Gasteiger partial charge in [0, 0.05) is 6.42 Å². The normalized spacial score (nSPS) is 9.24. The van der Waals surface area contributed by atoms with Crippen molar-refractivity contribution in [1.29, 1.82) is 0 Å². The molecule has 1 rings (SSSR count). The molecule has 0 spiro atoms. The molecule has 0 unspecified atom stereocenters. The van der Waals surface area contributed by atoms with Crippen molar-refractivity contribution in [3.8, 4) is 5.75 Å². The molecule has 0 aliphatic rings. The minimum atomic E-state index is 0. The van der Waals surface area contributed by atoms with E-state index in [4.69, 9.17) is 10.5 Å². The third kappa shape index (κ3) is 7.60. The van der Waals surface area contributed by atoms with Crippen LogP contribution in [0.3, 0.4) is 0 Å². The number of benzene rings is 1. The summed E-state index contributed by atoms with van der Waals surface area (Å²) in [7, 11) is 0. The molecule has 96 valence electrons. The van der Waals surface area contributed by atoms with Gasteiger partial charge < -0.3 is 15.8 Å². The molecular formula is C12H19ClN2O2. The third-order valence-corrected chi connectivity index (χ3v) is 2.04. The maximum Gasteiger partial charge on any atom is 0.220 e. The molecule has 0 aliphatic heterocycles. The van der Waals surface area contributed by atoms with E-state index < -0.39 is 0 Å². The van der Waals surface area contributed by atoms with Gasteiger partial charge in [-0.05, 0) is 25.1 Å². The van der Waals surface area contributed by atoms with Crippen LogP contribution in [-0.4, -0.2) is 25.6 Å². The lowest BCUT2D eigenvalue weighted by Gasteiger charge is -2.07. The number of nitrogens with one attached hydrogen (secondary N) is 1. The van der Waals surface area contributed by atoms with E-state index in [9.17, 15) is 4.79 Å². The summed E-state index contributed by atoms with van der Waals surface area (Å²) in [5.41, 5.74) is 5.30. The van der Waals surface area contributed by atoms with Crippen LogP contribution < -0.4 is 15.8 Å². The van der Waals surface area contributed by atoms with Crippen molar-refractivity contribution in [3.63, 3.8) is 0 Å². The molecular weight excluding hydrogens is 240 g/mol. The van der Waals surface area contributed by atoms with E-state index in [0.717, 1.165) is 12.2 Å². The fourth-order valence-corrected chi connectivity index (χ4v) is 1.23. The Kier molecular flexibility index (Phi) is 9.19. The van der Waals surface area contributed by atoms with Crippen LogP contribution in [0, 0.1) is 0 Å². The monoisotopic (exact) mass is 258 g/mol. The third-order valence-electron chi connectivity index (χ3n) is 2.04. The Balaban J connectivity index is 0.00000256. The highest BCUT2D eigenvalue weighted by molar-refractivity contribution is 5.85. The van der Waals surface area contributed by atoms with Crippen LogP contribution in [0.4, 0.5) is 0 Å². The Morgan fingerprint density at radius 1 is 1.29 bits per heavy atom. The van der Waals surface area contributed by atoms with Crippen molar-refractivity contribution in [2.45, 2.75) is 12.8 Å². The molecule has 0 aliphatic carbocycles. The number of halogens is 1. The maximum atomic E-state index is 11.2. The second kappa shape index (κ2) is 9.93. The molecule has 0 saturated heterocycles. The van der Waals surface area contributed by atoms with E-state index in [0.29, 0.717) is 26.1 Å². The summed E-state index contributed by atoms with van der Waals surface area (Å²) >= 11 is 0. The topological polar surface area (TPSA) is 64.4 Å². The average Bonchev–Trinajstić information content (AvgIpc) is 2.33. The Morgan fingerprint density at radius 3 is 2.65 bits per heavy atom. The smallest absolute Gasteiger partial charge is 0.220 e. The lowest BCUT2D eigenvalue weighted by atomic mass is 10.3.